The van der Waals surface area contributed by atoms with E-state index in [1.54, 1.807) is 24.3 Å². The molecule has 0 aliphatic heterocycles. The van der Waals surface area contributed by atoms with E-state index in [0.29, 0.717) is 17.8 Å². The van der Waals surface area contributed by atoms with Crippen LogP contribution < -0.4 is 4.90 Å². The summed E-state index contributed by atoms with van der Waals surface area (Å²) in [5, 5.41) is 17.6. The number of nitrogens with zero attached hydrogens (tertiary/aromatic N) is 3. The van der Waals surface area contributed by atoms with Crippen molar-refractivity contribution in [1.29, 1.82) is 10.5 Å². The molecule has 20 heavy (non-hydrogen) atoms. The van der Waals surface area contributed by atoms with Gasteiger partial charge >= 0.3 is 0 Å². The van der Waals surface area contributed by atoms with Gasteiger partial charge in [0, 0.05) is 19.3 Å². The molecule has 0 amide bonds. The summed E-state index contributed by atoms with van der Waals surface area (Å²) in [5.74, 6) is -0.525. The third-order valence-corrected chi connectivity index (χ3v) is 2.99. The van der Waals surface area contributed by atoms with Crippen molar-refractivity contribution in [3.63, 3.8) is 0 Å². The van der Waals surface area contributed by atoms with Crippen molar-refractivity contribution in [2.24, 2.45) is 0 Å². The molecule has 98 valence electrons. The van der Waals surface area contributed by atoms with Crippen molar-refractivity contribution in [2.75, 3.05) is 11.9 Å². The van der Waals surface area contributed by atoms with Crippen LogP contribution in [0.5, 0.6) is 0 Å². The second kappa shape index (κ2) is 5.86. The van der Waals surface area contributed by atoms with E-state index < -0.39 is 5.82 Å². The van der Waals surface area contributed by atoms with E-state index in [4.69, 9.17) is 10.5 Å². The van der Waals surface area contributed by atoms with Gasteiger partial charge in [0.15, 0.2) is 0 Å². The Morgan fingerprint density at radius 1 is 1.10 bits per heavy atom. The summed E-state index contributed by atoms with van der Waals surface area (Å²) in [5.41, 5.74) is 2.29. The molecule has 0 N–H and O–H groups in total. The lowest BCUT2D eigenvalue weighted by atomic mass is 10.1. The van der Waals surface area contributed by atoms with Gasteiger partial charge in [-0.15, -0.1) is 0 Å². The van der Waals surface area contributed by atoms with E-state index in [9.17, 15) is 4.39 Å². The van der Waals surface area contributed by atoms with E-state index in [1.807, 2.05) is 24.1 Å². The van der Waals surface area contributed by atoms with Crippen LogP contribution in [-0.4, -0.2) is 7.05 Å². The van der Waals surface area contributed by atoms with Crippen LogP contribution in [0.2, 0.25) is 0 Å². The number of halogens is 1. The van der Waals surface area contributed by atoms with Crippen LogP contribution in [0.1, 0.15) is 16.7 Å². The van der Waals surface area contributed by atoms with Gasteiger partial charge in [-0.2, -0.15) is 10.5 Å². The van der Waals surface area contributed by atoms with E-state index in [-0.39, 0.29) is 5.56 Å². The number of benzene rings is 2. The average molecular weight is 265 g/mol. The molecule has 0 saturated heterocycles. The van der Waals surface area contributed by atoms with Crippen molar-refractivity contribution in [2.45, 2.75) is 6.54 Å². The van der Waals surface area contributed by atoms with Gasteiger partial charge in [-0.3, -0.25) is 0 Å². The Labute approximate surface area is 117 Å². The first-order valence-corrected chi connectivity index (χ1v) is 6.04. The summed E-state index contributed by atoms with van der Waals surface area (Å²) in [6, 6.07) is 15.7. The fourth-order valence-electron chi connectivity index (χ4n) is 1.94. The Kier molecular flexibility index (Phi) is 3.98. The summed E-state index contributed by atoms with van der Waals surface area (Å²) in [6.07, 6.45) is 0. The molecule has 0 radical (unpaired) electrons. The summed E-state index contributed by atoms with van der Waals surface area (Å²) >= 11 is 0. The smallest absolute Gasteiger partial charge is 0.143 e. The van der Waals surface area contributed by atoms with Crippen LogP contribution in [0, 0.1) is 28.5 Å². The minimum absolute atomic E-state index is 0.0358. The predicted molar refractivity (Wildman–Crippen MR) is 74.4 cm³/mol. The Morgan fingerprint density at radius 3 is 2.55 bits per heavy atom. The second-order valence-electron chi connectivity index (χ2n) is 4.44. The molecule has 0 spiro atoms. The molecule has 0 bridgehead atoms. The number of nitriles is 2. The largest absolute Gasteiger partial charge is 0.370 e. The van der Waals surface area contributed by atoms with Gasteiger partial charge in [0.2, 0.25) is 0 Å². The number of anilines is 1. The van der Waals surface area contributed by atoms with E-state index >= 15 is 0 Å². The molecule has 0 aliphatic rings. The molecule has 2 aromatic carbocycles. The predicted octanol–water partition coefficient (Wildman–Crippen LogP) is 3.21. The first-order valence-electron chi connectivity index (χ1n) is 6.04. The van der Waals surface area contributed by atoms with Crippen molar-refractivity contribution < 1.29 is 4.39 Å². The zero-order valence-electron chi connectivity index (χ0n) is 11.0. The molecule has 0 aliphatic carbocycles. The number of rotatable bonds is 3. The minimum atomic E-state index is -0.525. The number of hydrogen-bond acceptors (Lipinski definition) is 3. The molecule has 0 aromatic heterocycles. The maximum Gasteiger partial charge on any atom is 0.143 e. The van der Waals surface area contributed by atoms with Gasteiger partial charge in [-0.05, 0) is 35.9 Å². The molecular weight excluding hydrogens is 253 g/mol. The highest BCUT2D eigenvalue weighted by Gasteiger charge is 2.07. The van der Waals surface area contributed by atoms with Gasteiger partial charge in [-0.25, -0.2) is 4.39 Å². The molecule has 0 saturated carbocycles. The first-order chi connectivity index (χ1) is 9.63. The Balaban J connectivity index is 2.20. The highest BCUT2D eigenvalue weighted by Crippen LogP contribution is 2.19. The van der Waals surface area contributed by atoms with Crippen LogP contribution in [-0.2, 0) is 6.54 Å². The third kappa shape index (κ3) is 2.93. The van der Waals surface area contributed by atoms with Crippen LogP contribution in [0.3, 0.4) is 0 Å². The maximum absolute atomic E-state index is 13.6. The molecule has 4 heteroatoms. The number of hydrogen-bond donors (Lipinski definition) is 0. The Bertz CT molecular complexity index is 710. The highest BCUT2D eigenvalue weighted by molar-refractivity contribution is 5.50. The van der Waals surface area contributed by atoms with E-state index in [2.05, 4.69) is 6.07 Å². The van der Waals surface area contributed by atoms with Crippen LogP contribution >= 0.6 is 0 Å². The van der Waals surface area contributed by atoms with Gasteiger partial charge in [0.25, 0.3) is 0 Å². The van der Waals surface area contributed by atoms with Crippen molar-refractivity contribution in [3.05, 3.63) is 65.0 Å². The van der Waals surface area contributed by atoms with Crippen molar-refractivity contribution in [1.82, 2.24) is 0 Å². The van der Waals surface area contributed by atoms with Gasteiger partial charge < -0.3 is 4.90 Å². The standard InChI is InChI=1S/C16H12FN3/c1-20(11-13-4-2-3-12(7-13)9-18)15-6-5-14(10-19)16(17)8-15/h2-8H,11H2,1H3. The van der Waals surface area contributed by atoms with Crippen molar-refractivity contribution >= 4 is 5.69 Å². The fourth-order valence-corrected chi connectivity index (χ4v) is 1.94. The van der Waals surface area contributed by atoms with Crippen LogP contribution in [0.25, 0.3) is 0 Å². The van der Waals surface area contributed by atoms with Crippen LogP contribution in [0.4, 0.5) is 10.1 Å². The van der Waals surface area contributed by atoms with Gasteiger partial charge in [0.05, 0.1) is 17.2 Å². The lowest BCUT2D eigenvalue weighted by Crippen LogP contribution is -2.16. The van der Waals surface area contributed by atoms with Gasteiger partial charge in [-0.1, -0.05) is 12.1 Å². The highest BCUT2D eigenvalue weighted by atomic mass is 19.1. The topological polar surface area (TPSA) is 50.8 Å². The fraction of sp³-hybridized carbons (Fsp3) is 0.125. The summed E-state index contributed by atoms with van der Waals surface area (Å²) in [6.45, 7) is 0.556. The Morgan fingerprint density at radius 2 is 1.90 bits per heavy atom. The summed E-state index contributed by atoms with van der Waals surface area (Å²) < 4.78 is 13.6. The van der Waals surface area contributed by atoms with Gasteiger partial charge in [0.1, 0.15) is 11.9 Å². The lowest BCUT2D eigenvalue weighted by molar-refractivity contribution is 0.623. The second-order valence-corrected chi connectivity index (χ2v) is 4.44. The molecular formula is C16H12FN3. The lowest BCUT2D eigenvalue weighted by Gasteiger charge is -2.19. The van der Waals surface area contributed by atoms with Crippen LogP contribution in [0.15, 0.2) is 42.5 Å². The van der Waals surface area contributed by atoms with Crippen molar-refractivity contribution in [3.8, 4) is 12.1 Å². The first kappa shape index (κ1) is 13.6. The zero-order valence-corrected chi connectivity index (χ0v) is 11.0. The summed E-state index contributed by atoms with van der Waals surface area (Å²) in [4.78, 5) is 1.86. The zero-order chi connectivity index (χ0) is 14.5. The minimum Gasteiger partial charge on any atom is -0.370 e. The Hall–Kier alpha value is -2.85. The average Bonchev–Trinajstić information content (AvgIpc) is 2.47. The molecule has 3 nitrogen and oxygen atoms in total. The SMILES string of the molecule is CN(Cc1cccc(C#N)c1)c1ccc(C#N)c(F)c1. The monoisotopic (exact) mass is 265 g/mol. The molecule has 2 aromatic rings. The molecule has 0 atom stereocenters. The maximum atomic E-state index is 13.6. The van der Waals surface area contributed by atoms with E-state index in [0.717, 1.165) is 5.56 Å². The third-order valence-electron chi connectivity index (χ3n) is 2.99. The molecule has 0 unspecified atom stereocenters. The normalized spacial score (nSPS) is 9.60. The van der Waals surface area contributed by atoms with E-state index in [1.165, 1.54) is 12.1 Å². The molecule has 0 heterocycles. The summed E-state index contributed by atoms with van der Waals surface area (Å²) in [7, 11) is 1.83. The quantitative estimate of drug-likeness (QED) is 0.856. The molecule has 2 rings (SSSR count). The molecule has 0 fully saturated rings.